The van der Waals surface area contributed by atoms with Gasteiger partial charge < -0.3 is 10.2 Å². The highest BCUT2D eigenvalue weighted by molar-refractivity contribution is 9.10. The molecule has 1 N–H and O–H groups in total. The standard InChI is InChI=1S/C26H25BrFN3O4S/c1-3-30(4-2)36(34,35)21-12-7-18(8-13-21)26(33)31-16-24(32)29-23-14-9-19(27)15-22(23)25(31)17-5-10-20(28)11-6-17/h5-15,25H,3-4,16H2,1-2H3,(H,29,32)/t25-/m0/s1. The van der Waals surface area contributed by atoms with E-state index >= 15 is 0 Å². The molecule has 0 saturated heterocycles. The molecule has 3 aromatic rings. The summed E-state index contributed by atoms with van der Waals surface area (Å²) in [6.07, 6.45) is 0. The largest absolute Gasteiger partial charge is 0.324 e. The highest BCUT2D eigenvalue weighted by Gasteiger charge is 2.34. The van der Waals surface area contributed by atoms with Crippen LogP contribution in [0.1, 0.15) is 41.4 Å². The number of benzene rings is 3. The number of carbonyl (C=O) groups is 2. The van der Waals surface area contributed by atoms with Crippen LogP contribution in [0, 0.1) is 5.82 Å². The number of anilines is 1. The lowest BCUT2D eigenvalue weighted by Gasteiger charge is -2.31. The van der Waals surface area contributed by atoms with Crippen LogP contribution in [0.2, 0.25) is 0 Å². The second-order valence-corrected chi connectivity index (χ2v) is 11.1. The highest BCUT2D eigenvalue weighted by Crippen LogP contribution is 2.38. The molecule has 0 radical (unpaired) electrons. The van der Waals surface area contributed by atoms with Gasteiger partial charge in [-0.25, -0.2) is 12.8 Å². The van der Waals surface area contributed by atoms with Crippen LogP contribution in [-0.4, -0.2) is 49.1 Å². The van der Waals surface area contributed by atoms with Crippen molar-refractivity contribution in [2.75, 3.05) is 25.0 Å². The molecule has 0 bridgehead atoms. The van der Waals surface area contributed by atoms with Crippen molar-refractivity contribution in [1.82, 2.24) is 9.21 Å². The Hall–Kier alpha value is -3.08. The van der Waals surface area contributed by atoms with Crippen LogP contribution >= 0.6 is 15.9 Å². The van der Waals surface area contributed by atoms with Crippen LogP contribution in [0.4, 0.5) is 10.1 Å². The Morgan fingerprint density at radius 1 is 1.06 bits per heavy atom. The second-order valence-electron chi connectivity index (χ2n) is 8.28. The number of carbonyl (C=O) groups excluding carboxylic acids is 2. The van der Waals surface area contributed by atoms with E-state index in [1.165, 1.54) is 45.6 Å². The minimum atomic E-state index is -3.68. The normalized spacial score (nSPS) is 15.9. The fourth-order valence-corrected chi connectivity index (χ4v) is 6.16. The fourth-order valence-electron chi connectivity index (χ4n) is 4.32. The molecule has 0 unspecified atom stereocenters. The van der Waals surface area contributed by atoms with Crippen molar-refractivity contribution in [1.29, 1.82) is 0 Å². The molecule has 36 heavy (non-hydrogen) atoms. The van der Waals surface area contributed by atoms with E-state index in [9.17, 15) is 22.4 Å². The quantitative estimate of drug-likeness (QED) is 0.458. The maximum atomic E-state index is 13.8. The SMILES string of the molecule is CCN(CC)S(=O)(=O)c1ccc(C(=O)N2CC(=O)Nc3ccc(Br)cc3[C@@H]2c2ccc(F)cc2)cc1. The topological polar surface area (TPSA) is 86.8 Å². The van der Waals surface area contributed by atoms with Gasteiger partial charge in [-0.1, -0.05) is 41.9 Å². The Balaban J connectivity index is 1.78. The molecule has 1 aliphatic heterocycles. The molecule has 1 heterocycles. The number of nitrogens with zero attached hydrogens (tertiary/aromatic N) is 2. The van der Waals surface area contributed by atoms with Crippen LogP contribution < -0.4 is 5.32 Å². The molecule has 0 aromatic heterocycles. The summed E-state index contributed by atoms with van der Waals surface area (Å²) in [6, 6.07) is 16.1. The van der Waals surface area contributed by atoms with Crippen molar-refractivity contribution in [3.8, 4) is 0 Å². The van der Waals surface area contributed by atoms with Gasteiger partial charge in [0.2, 0.25) is 15.9 Å². The van der Waals surface area contributed by atoms with E-state index < -0.39 is 27.8 Å². The van der Waals surface area contributed by atoms with Crippen molar-refractivity contribution in [3.05, 3.63) is 93.7 Å². The van der Waals surface area contributed by atoms with Crippen LogP contribution in [-0.2, 0) is 14.8 Å². The van der Waals surface area contributed by atoms with E-state index in [0.29, 0.717) is 29.9 Å². The molecule has 0 aliphatic carbocycles. The molecule has 7 nitrogen and oxygen atoms in total. The molecular formula is C26H25BrFN3O4S. The van der Waals surface area contributed by atoms with Crippen molar-refractivity contribution in [2.24, 2.45) is 0 Å². The van der Waals surface area contributed by atoms with Crippen molar-refractivity contribution < 1.29 is 22.4 Å². The van der Waals surface area contributed by atoms with Crippen LogP contribution in [0.3, 0.4) is 0 Å². The first-order valence-electron chi connectivity index (χ1n) is 11.4. The number of amides is 2. The highest BCUT2D eigenvalue weighted by atomic mass is 79.9. The van der Waals surface area contributed by atoms with Crippen molar-refractivity contribution >= 4 is 43.5 Å². The fraction of sp³-hybridized carbons (Fsp3) is 0.231. The number of fused-ring (bicyclic) bond motifs is 1. The summed E-state index contributed by atoms with van der Waals surface area (Å²) in [5, 5.41) is 2.84. The third-order valence-electron chi connectivity index (χ3n) is 6.10. The smallest absolute Gasteiger partial charge is 0.255 e. The van der Waals surface area contributed by atoms with Gasteiger partial charge in [-0.15, -0.1) is 0 Å². The zero-order chi connectivity index (χ0) is 26.0. The van der Waals surface area contributed by atoms with Gasteiger partial charge in [0, 0.05) is 34.4 Å². The third-order valence-corrected chi connectivity index (χ3v) is 8.66. The summed E-state index contributed by atoms with van der Waals surface area (Å²) in [4.78, 5) is 28.0. The molecule has 0 fully saturated rings. The average molecular weight is 574 g/mol. The minimum absolute atomic E-state index is 0.0840. The molecule has 188 valence electrons. The maximum absolute atomic E-state index is 13.8. The molecule has 10 heteroatoms. The Kier molecular flexibility index (Phi) is 7.58. The predicted molar refractivity (Wildman–Crippen MR) is 139 cm³/mol. The zero-order valence-electron chi connectivity index (χ0n) is 19.7. The summed E-state index contributed by atoms with van der Waals surface area (Å²) >= 11 is 3.46. The van der Waals surface area contributed by atoms with Crippen LogP contribution in [0.25, 0.3) is 0 Å². The van der Waals surface area contributed by atoms with Gasteiger partial charge in [-0.05, 0) is 60.2 Å². The molecule has 1 atom stereocenters. The first kappa shape index (κ1) is 26.0. The lowest BCUT2D eigenvalue weighted by atomic mass is 9.95. The summed E-state index contributed by atoms with van der Waals surface area (Å²) in [5.74, 6) is -1.25. The number of hydrogen-bond acceptors (Lipinski definition) is 4. The molecule has 2 amide bonds. The van der Waals surface area contributed by atoms with E-state index in [2.05, 4.69) is 21.2 Å². The summed E-state index contributed by atoms with van der Waals surface area (Å²) < 4.78 is 41.5. The Labute approximate surface area is 218 Å². The van der Waals surface area contributed by atoms with Crippen LogP contribution in [0.15, 0.2) is 76.1 Å². The first-order valence-corrected chi connectivity index (χ1v) is 13.6. The zero-order valence-corrected chi connectivity index (χ0v) is 22.1. The summed E-state index contributed by atoms with van der Waals surface area (Å²) in [7, 11) is -3.68. The van der Waals surface area contributed by atoms with Gasteiger partial charge >= 0.3 is 0 Å². The molecule has 1 aliphatic rings. The van der Waals surface area contributed by atoms with E-state index in [4.69, 9.17) is 0 Å². The summed E-state index contributed by atoms with van der Waals surface area (Å²) in [5.41, 5.74) is 2.07. The maximum Gasteiger partial charge on any atom is 0.255 e. The van der Waals surface area contributed by atoms with Gasteiger partial charge in [-0.3, -0.25) is 9.59 Å². The van der Waals surface area contributed by atoms with E-state index in [-0.39, 0.29) is 22.9 Å². The summed E-state index contributed by atoms with van der Waals surface area (Å²) in [6.45, 7) is 3.93. The Morgan fingerprint density at radius 3 is 2.31 bits per heavy atom. The monoisotopic (exact) mass is 573 g/mol. The van der Waals surface area contributed by atoms with Gasteiger partial charge in [0.1, 0.15) is 12.4 Å². The van der Waals surface area contributed by atoms with E-state index in [1.807, 2.05) is 6.07 Å². The molecule has 4 rings (SSSR count). The number of sulfonamides is 1. The molecule has 0 spiro atoms. The predicted octanol–water partition coefficient (Wildman–Crippen LogP) is 4.80. The van der Waals surface area contributed by atoms with Gasteiger partial charge in [0.05, 0.1) is 10.9 Å². The lowest BCUT2D eigenvalue weighted by Crippen LogP contribution is -2.39. The first-order chi connectivity index (χ1) is 17.1. The molecule has 0 saturated carbocycles. The second kappa shape index (κ2) is 10.5. The van der Waals surface area contributed by atoms with Gasteiger partial charge in [0.15, 0.2) is 0 Å². The van der Waals surface area contributed by atoms with Crippen LogP contribution in [0.5, 0.6) is 0 Å². The number of hydrogen-bond donors (Lipinski definition) is 1. The Morgan fingerprint density at radius 2 is 1.69 bits per heavy atom. The molecule has 3 aromatic carbocycles. The average Bonchev–Trinajstić information content (AvgIpc) is 3.00. The third kappa shape index (κ3) is 5.07. The van der Waals surface area contributed by atoms with Gasteiger partial charge in [-0.2, -0.15) is 4.31 Å². The molecular weight excluding hydrogens is 549 g/mol. The minimum Gasteiger partial charge on any atom is -0.324 e. The van der Waals surface area contributed by atoms with Gasteiger partial charge in [0.25, 0.3) is 5.91 Å². The van der Waals surface area contributed by atoms with Crippen molar-refractivity contribution in [2.45, 2.75) is 24.8 Å². The van der Waals surface area contributed by atoms with Crippen molar-refractivity contribution in [3.63, 3.8) is 0 Å². The number of rotatable bonds is 6. The number of halogens is 2. The number of nitrogens with one attached hydrogen (secondary N) is 1. The van der Waals surface area contributed by atoms with E-state index in [1.54, 1.807) is 38.1 Å². The lowest BCUT2D eigenvalue weighted by molar-refractivity contribution is -0.117. The Bertz CT molecular complexity index is 1390. The van der Waals surface area contributed by atoms with E-state index in [0.717, 1.165) is 4.47 Å².